The average molecular weight is 352 g/mol. The second-order valence-electron chi connectivity index (χ2n) is 6.89. The molecule has 2 aromatic rings. The Hall–Kier alpha value is -2.13. The minimum absolute atomic E-state index is 0.316. The van der Waals surface area contributed by atoms with Crippen molar-refractivity contribution in [2.24, 2.45) is 0 Å². The van der Waals surface area contributed by atoms with E-state index < -0.39 is 5.79 Å². The number of esters is 1. The summed E-state index contributed by atoms with van der Waals surface area (Å²) < 4.78 is 12.1. The minimum atomic E-state index is -1.11. The van der Waals surface area contributed by atoms with Crippen LogP contribution >= 0.6 is 0 Å². The van der Waals surface area contributed by atoms with Crippen molar-refractivity contribution in [3.63, 3.8) is 0 Å². The van der Waals surface area contributed by atoms with Gasteiger partial charge in [-0.05, 0) is 12.5 Å². The average Bonchev–Trinajstić information content (AvgIpc) is 2.98. The van der Waals surface area contributed by atoms with Crippen LogP contribution in [-0.2, 0) is 15.3 Å². The number of benzene rings is 2. The molecule has 3 heteroatoms. The second kappa shape index (κ2) is 9.00. The van der Waals surface area contributed by atoms with E-state index in [-0.39, 0.29) is 5.97 Å². The molecule has 0 bridgehead atoms. The highest BCUT2D eigenvalue weighted by Crippen LogP contribution is 2.42. The molecule has 1 atom stereocenters. The van der Waals surface area contributed by atoms with E-state index in [1.54, 1.807) is 6.07 Å². The minimum Gasteiger partial charge on any atom is -0.420 e. The summed E-state index contributed by atoms with van der Waals surface area (Å²) in [5.74, 6) is -1.43. The lowest BCUT2D eigenvalue weighted by molar-refractivity contribution is -0.174. The van der Waals surface area contributed by atoms with Crippen molar-refractivity contribution in [3.05, 3.63) is 71.3 Å². The predicted molar refractivity (Wildman–Crippen MR) is 103 cm³/mol. The Kier molecular flexibility index (Phi) is 6.45. The van der Waals surface area contributed by atoms with Gasteiger partial charge >= 0.3 is 5.97 Å². The van der Waals surface area contributed by atoms with Crippen molar-refractivity contribution < 1.29 is 14.3 Å². The topological polar surface area (TPSA) is 35.5 Å². The van der Waals surface area contributed by atoms with Crippen molar-refractivity contribution in [1.29, 1.82) is 0 Å². The van der Waals surface area contributed by atoms with Gasteiger partial charge in [-0.3, -0.25) is 0 Å². The first kappa shape index (κ1) is 18.7. The van der Waals surface area contributed by atoms with E-state index in [2.05, 4.69) is 6.92 Å². The largest absolute Gasteiger partial charge is 0.420 e. The fourth-order valence-electron chi connectivity index (χ4n) is 3.53. The van der Waals surface area contributed by atoms with Gasteiger partial charge < -0.3 is 9.47 Å². The van der Waals surface area contributed by atoms with Crippen molar-refractivity contribution in [2.75, 3.05) is 6.61 Å². The summed E-state index contributed by atoms with van der Waals surface area (Å²) in [5.41, 5.74) is 2.26. The van der Waals surface area contributed by atoms with Crippen molar-refractivity contribution >= 4 is 5.97 Å². The Bertz CT molecular complexity index is 710. The Morgan fingerprint density at radius 1 is 0.846 bits per heavy atom. The van der Waals surface area contributed by atoms with E-state index in [0.717, 1.165) is 24.0 Å². The zero-order valence-electron chi connectivity index (χ0n) is 15.6. The normalized spacial score (nSPS) is 18.6. The SMILES string of the molecule is CCCCCCCCCOC1(c2ccccc2)OC(=O)c2ccccc21. The van der Waals surface area contributed by atoms with Gasteiger partial charge in [-0.25, -0.2) is 4.79 Å². The van der Waals surface area contributed by atoms with Crippen LogP contribution in [0, 0.1) is 0 Å². The highest BCUT2D eigenvalue weighted by atomic mass is 16.7. The molecule has 0 aliphatic carbocycles. The molecule has 3 nitrogen and oxygen atoms in total. The van der Waals surface area contributed by atoms with Crippen LogP contribution in [0.1, 0.15) is 73.4 Å². The smallest absolute Gasteiger partial charge is 0.341 e. The lowest BCUT2D eigenvalue weighted by atomic mass is 9.95. The van der Waals surface area contributed by atoms with Crippen LogP contribution in [0.15, 0.2) is 54.6 Å². The molecule has 0 N–H and O–H groups in total. The van der Waals surface area contributed by atoms with E-state index in [1.165, 1.54) is 32.1 Å². The molecule has 0 saturated heterocycles. The molecule has 1 heterocycles. The molecule has 1 unspecified atom stereocenters. The highest BCUT2D eigenvalue weighted by molar-refractivity contribution is 5.95. The van der Waals surface area contributed by atoms with E-state index in [1.807, 2.05) is 48.5 Å². The molecule has 0 saturated carbocycles. The van der Waals surface area contributed by atoms with Crippen LogP contribution in [0.2, 0.25) is 0 Å². The van der Waals surface area contributed by atoms with Crippen LogP contribution in [-0.4, -0.2) is 12.6 Å². The van der Waals surface area contributed by atoms with Gasteiger partial charge in [-0.15, -0.1) is 0 Å². The first-order valence-electron chi connectivity index (χ1n) is 9.80. The highest BCUT2D eigenvalue weighted by Gasteiger charge is 2.48. The summed E-state index contributed by atoms with van der Waals surface area (Å²) in [6.07, 6.45) is 8.54. The van der Waals surface area contributed by atoms with Crippen LogP contribution in [0.4, 0.5) is 0 Å². The molecule has 3 rings (SSSR count). The van der Waals surface area contributed by atoms with E-state index in [0.29, 0.717) is 12.2 Å². The van der Waals surface area contributed by atoms with Gasteiger partial charge in [0.25, 0.3) is 5.79 Å². The summed E-state index contributed by atoms with van der Waals surface area (Å²) in [6.45, 7) is 2.81. The third-order valence-electron chi connectivity index (χ3n) is 4.95. The first-order chi connectivity index (χ1) is 12.8. The van der Waals surface area contributed by atoms with Gasteiger partial charge in [0.1, 0.15) is 0 Å². The third kappa shape index (κ3) is 3.99. The third-order valence-corrected chi connectivity index (χ3v) is 4.95. The molecule has 0 fully saturated rings. The number of fused-ring (bicyclic) bond motifs is 1. The molecule has 26 heavy (non-hydrogen) atoms. The fourth-order valence-corrected chi connectivity index (χ4v) is 3.53. The molecule has 0 amide bonds. The summed E-state index contributed by atoms with van der Waals surface area (Å²) in [5, 5.41) is 0. The lowest BCUT2D eigenvalue weighted by Crippen LogP contribution is -2.32. The van der Waals surface area contributed by atoms with Gasteiger partial charge in [0.15, 0.2) is 0 Å². The summed E-state index contributed by atoms with van der Waals surface area (Å²) in [7, 11) is 0. The van der Waals surface area contributed by atoms with Gasteiger partial charge in [0.2, 0.25) is 0 Å². The van der Waals surface area contributed by atoms with Gasteiger partial charge in [0.05, 0.1) is 12.2 Å². The molecular formula is C23H28O3. The fraction of sp³-hybridized carbons (Fsp3) is 0.435. The number of carbonyl (C=O) groups excluding carboxylic acids is 1. The van der Waals surface area contributed by atoms with Gasteiger partial charge in [0, 0.05) is 11.1 Å². The molecule has 138 valence electrons. The molecular weight excluding hydrogens is 324 g/mol. The Morgan fingerprint density at radius 3 is 2.27 bits per heavy atom. The lowest BCUT2D eigenvalue weighted by Gasteiger charge is -2.29. The van der Waals surface area contributed by atoms with Crippen molar-refractivity contribution in [2.45, 2.75) is 57.7 Å². The number of hydrogen-bond donors (Lipinski definition) is 0. The number of ether oxygens (including phenoxy) is 2. The van der Waals surface area contributed by atoms with Crippen LogP contribution in [0.25, 0.3) is 0 Å². The van der Waals surface area contributed by atoms with Crippen LogP contribution in [0.3, 0.4) is 0 Å². The number of cyclic esters (lactones) is 1. The number of unbranched alkanes of at least 4 members (excludes halogenated alkanes) is 6. The maximum absolute atomic E-state index is 12.4. The second-order valence-corrected chi connectivity index (χ2v) is 6.89. The zero-order chi connectivity index (χ0) is 18.2. The summed E-state index contributed by atoms with van der Waals surface area (Å²) >= 11 is 0. The maximum Gasteiger partial charge on any atom is 0.341 e. The molecule has 1 aliphatic rings. The predicted octanol–water partition coefficient (Wildman–Crippen LogP) is 5.83. The number of hydrogen-bond acceptors (Lipinski definition) is 3. The Balaban J connectivity index is 1.68. The van der Waals surface area contributed by atoms with E-state index in [4.69, 9.17) is 9.47 Å². The number of carbonyl (C=O) groups is 1. The van der Waals surface area contributed by atoms with Crippen molar-refractivity contribution in [1.82, 2.24) is 0 Å². The standard InChI is InChI=1S/C23H28O3/c1-2-3-4-5-6-7-13-18-25-23(19-14-9-8-10-15-19)21-17-12-11-16-20(21)22(24)26-23/h8-12,14-17H,2-7,13,18H2,1H3. The quantitative estimate of drug-likeness (QED) is 0.399. The molecule has 0 aromatic heterocycles. The monoisotopic (exact) mass is 352 g/mol. The first-order valence-corrected chi connectivity index (χ1v) is 9.80. The molecule has 1 aliphatic heterocycles. The molecule has 2 aromatic carbocycles. The van der Waals surface area contributed by atoms with E-state index >= 15 is 0 Å². The maximum atomic E-state index is 12.4. The summed E-state index contributed by atoms with van der Waals surface area (Å²) in [6, 6.07) is 17.3. The number of rotatable bonds is 10. The summed E-state index contributed by atoms with van der Waals surface area (Å²) in [4.78, 5) is 12.4. The Morgan fingerprint density at radius 2 is 1.50 bits per heavy atom. The van der Waals surface area contributed by atoms with Gasteiger partial charge in [-0.1, -0.05) is 94.0 Å². The Labute approximate surface area is 156 Å². The molecule has 0 radical (unpaired) electrons. The van der Waals surface area contributed by atoms with Crippen LogP contribution in [0.5, 0.6) is 0 Å². The van der Waals surface area contributed by atoms with E-state index in [9.17, 15) is 4.79 Å². The van der Waals surface area contributed by atoms with Gasteiger partial charge in [-0.2, -0.15) is 0 Å². The van der Waals surface area contributed by atoms with Crippen LogP contribution < -0.4 is 0 Å². The zero-order valence-corrected chi connectivity index (χ0v) is 15.6. The van der Waals surface area contributed by atoms with Crippen molar-refractivity contribution in [3.8, 4) is 0 Å². The molecule has 0 spiro atoms.